The van der Waals surface area contributed by atoms with Crippen molar-refractivity contribution in [3.8, 4) is 0 Å². The number of rotatable bonds is 1. The van der Waals surface area contributed by atoms with E-state index in [2.05, 4.69) is 0 Å². The fourth-order valence-corrected chi connectivity index (χ4v) is 1.70. The van der Waals surface area contributed by atoms with Gasteiger partial charge in [0.1, 0.15) is 5.52 Å². The fourth-order valence-electron chi connectivity index (χ4n) is 1.70. The van der Waals surface area contributed by atoms with E-state index in [1.807, 2.05) is 25.4 Å². The van der Waals surface area contributed by atoms with E-state index in [9.17, 15) is 10.1 Å². The molecular formula is C10H10N2O2. The van der Waals surface area contributed by atoms with Crippen LogP contribution in [0.1, 0.15) is 5.56 Å². The highest BCUT2D eigenvalue weighted by atomic mass is 16.6. The SMILES string of the molecule is Cc1ccc2ccn(C)c2c1[N+](=O)[O-]. The summed E-state index contributed by atoms with van der Waals surface area (Å²) in [7, 11) is 1.81. The van der Waals surface area contributed by atoms with Crippen LogP contribution in [-0.2, 0) is 7.05 Å². The molecule has 0 fully saturated rings. The van der Waals surface area contributed by atoms with Gasteiger partial charge in [-0.15, -0.1) is 0 Å². The first-order chi connectivity index (χ1) is 6.61. The van der Waals surface area contributed by atoms with Gasteiger partial charge in [0, 0.05) is 24.2 Å². The number of benzene rings is 1. The van der Waals surface area contributed by atoms with Crippen molar-refractivity contribution in [1.82, 2.24) is 4.57 Å². The van der Waals surface area contributed by atoms with Gasteiger partial charge in [-0.1, -0.05) is 12.1 Å². The normalized spacial score (nSPS) is 10.7. The number of nitro benzene ring substituents is 1. The van der Waals surface area contributed by atoms with Crippen LogP contribution < -0.4 is 0 Å². The van der Waals surface area contributed by atoms with E-state index < -0.39 is 0 Å². The van der Waals surface area contributed by atoms with Crippen molar-refractivity contribution in [3.63, 3.8) is 0 Å². The Balaban J connectivity index is 2.94. The Labute approximate surface area is 80.9 Å². The molecule has 1 aromatic carbocycles. The third-order valence-electron chi connectivity index (χ3n) is 2.40. The molecule has 0 amide bonds. The molecule has 0 unspecified atom stereocenters. The van der Waals surface area contributed by atoms with E-state index in [4.69, 9.17) is 0 Å². The molecule has 2 rings (SSSR count). The summed E-state index contributed by atoms with van der Waals surface area (Å²) in [6, 6.07) is 5.56. The summed E-state index contributed by atoms with van der Waals surface area (Å²) in [6.45, 7) is 1.75. The monoisotopic (exact) mass is 190 g/mol. The second-order valence-electron chi connectivity index (χ2n) is 3.35. The topological polar surface area (TPSA) is 48.1 Å². The number of aromatic nitrogens is 1. The zero-order valence-electron chi connectivity index (χ0n) is 8.02. The maximum atomic E-state index is 10.9. The molecule has 0 aliphatic rings. The van der Waals surface area contributed by atoms with Gasteiger partial charge in [-0.05, 0) is 13.0 Å². The second-order valence-corrected chi connectivity index (χ2v) is 3.35. The Bertz CT molecular complexity index is 514. The molecule has 2 aromatic rings. The first-order valence-electron chi connectivity index (χ1n) is 4.30. The molecule has 0 bridgehead atoms. The van der Waals surface area contributed by atoms with Crippen molar-refractivity contribution in [2.24, 2.45) is 7.05 Å². The van der Waals surface area contributed by atoms with Gasteiger partial charge in [-0.25, -0.2) is 0 Å². The Morgan fingerprint density at radius 1 is 1.36 bits per heavy atom. The number of aryl methyl sites for hydroxylation is 2. The fraction of sp³-hybridized carbons (Fsp3) is 0.200. The minimum atomic E-state index is -0.322. The quantitative estimate of drug-likeness (QED) is 0.512. The van der Waals surface area contributed by atoms with E-state index in [-0.39, 0.29) is 10.6 Å². The van der Waals surface area contributed by atoms with E-state index in [1.165, 1.54) is 0 Å². The zero-order valence-corrected chi connectivity index (χ0v) is 8.02. The largest absolute Gasteiger partial charge is 0.345 e. The molecule has 4 heteroatoms. The van der Waals surface area contributed by atoms with E-state index in [0.29, 0.717) is 11.1 Å². The van der Waals surface area contributed by atoms with Crippen LogP contribution in [0.4, 0.5) is 5.69 Å². The van der Waals surface area contributed by atoms with Crippen LogP contribution in [0.15, 0.2) is 24.4 Å². The van der Waals surface area contributed by atoms with Crippen molar-refractivity contribution >= 4 is 16.6 Å². The number of fused-ring (bicyclic) bond motifs is 1. The maximum Gasteiger partial charge on any atom is 0.296 e. The van der Waals surface area contributed by atoms with E-state index in [1.54, 1.807) is 17.6 Å². The van der Waals surface area contributed by atoms with Crippen molar-refractivity contribution in [3.05, 3.63) is 40.1 Å². The molecule has 0 saturated heterocycles. The molecule has 1 aromatic heterocycles. The average molecular weight is 190 g/mol. The Kier molecular flexibility index (Phi) is 1.77. The molecule has 0 aliphatic heterocycles. The predicted molar refractivity (Wildman–Crippen MR) is 54.3 cm³/mol. The lowest BCUT2D eigenvalue weighted by atomic mass is 10.1. The first kappa shape index (κ1) is 8.74. The zero-order chi connectivity index (χ0) is 10.3. The standard InChI is InChI=1S/C10H10N2O2/c1-7-3-4-8-5-6-11(2)10(8)9(7)12(13)14/h3-6H,1-2H3. The highest BCUT2D eigenvalue weighted by Crippen LogP contribution is 2.29. The number of nitro groups is 1. The van der Waals surface area contributed by atoms with Gasteiger partial charge in [-0.3, -0.25) is 10.1 Å². The van der Waals surface area contributed by atoms with Gasteiger partial charge in [-0.2, -0.15) is 0 Å². The van der Waals surface area contributed by atoms with E-state index in [0.717, 1.165) is 5.39 Å². The van der Waals surface area contributed by atoms with Crippen LogP contribution in [0, 0.1) is 17.0 Å². The Morgan fingerprint density at radius 3 is 2.71 bits per heavy atom. The second kappa shape index (κ2) is 2.83. The van der Waals surface area contributed by atoms with Crippen LogP contribution in [-0.4, -0.2) is 9.49 Å². The lowest BCUT2D eigenvalue weighted by Crippen LogP contribution is -1.96. The average Bonchev–Trinajstić information content (AvgIpc) is 2.47. The van der Waals surface area contributed by atoms with Crippen molar-refractivity contribution in [2.75, 3.05) is 0 Å². The van der Waals surface area contributed by atoms with Crippen LogP contribution in [0.5, 0.6) is 0 Å². The molecule has 0 N–H and O–H groups in total. The minimum absolute atomic E-state index is 0.204. The highest BCUT2D eigenvalue weighted by Gasteiger charge is 2.17. The molecule has 0 spiro atoms. The minimum Gasteiger partial charge on any atom is -0.345 e. The molecule has 14 heavy (non-hydrogen) atoms. The third kappa shape index (κ3) is 1.08. The smallest absolute Gasteiger partial charge is 0.296 e. The van der Waals surface area contributed by atoms with Crippen LogP contribution >= 0.6 is 0 Å². The van der Waals surface area contributed by atoms with Gasteiger partial charge in [0.05, 0.1) is 4.92 Å². The van der Waals surface area contributed by atoms with Crippen molar-refractivity contribution in [1.29, 1.82) is 0 Å². The summed E-state index contributed by atoms with van der Waals surface area (Å²) in [5.74, 6) is 0. The summed E-state index contributed by atoms with van der Waals surface area (Å²) in [5, 5.41) is 11.8. The van der Waals surface area contributed by atoms with Crippen molar-refractivity contribution < 1.29 is 4.92 Å². The van der Waals surface area contributed by atoms with Crippen LogP contribution in [0.2, 0.25) is 0 Å². The van der Waals surface area contributed by atoms with Gasteiger partial charge in [0.2, 0.25) is 0 Å². The molecule has 4 nitrogen and oxygen atoms in total. The molecule has 0 saturated carbocycles. The van der Waals surface area contributed by atoms with Crippen LogP contribution in [0.3, 0.4) is 0 Å². The predicted octanol–water partition coefficient (Wildman–Crippen LogP) is 2.39. The lowest BCUT2D eigenvalue weighted by molar-refractivity contribution is -0.383. The van der Waals surface area contributed by atoms with E-state index >= 15 is 0 Å². The summed E-state index contributed by atoms with van der Waals surface area (Å²) in [6.07, 6.45) is 1.83. The Morgan fingerprint density at radius 2 is 2.07 bits per heavy atom. The van der Waals surface area contributed by atoms with Gasteiger partial charge >= 0.3 is 0 Å². The summed E-state index contributed by atoms with van der Waals surface area (Å²) in [4.78, 5) is 10.6. The Hall–Kier alpha value is -1.84. The van der Waals surface area contributed by atoms with Crippen LogP contribution in [0.25, 0.3) is 10.9 Å². The summed E-state index contributed by atoms with van der Waals surface area (Å²) in [5.41, 5.74) is 1.59. The molecule has 0 aliphatic carbocycles. The molecule has 72 valence electrons. The third-order valence-corrected chi connectivity index (χ3v) is 2.40. The maximum absolute atomic E-state index is 10.9. The van der Waals surface area contributed by atoms with Crippen molar-refractivity contribution in [2.45, 2.75) is 6.92 Å². The lowest BCUT2D eigenvalue weighted by Gasteiger charge is -2.01. The molecule has 0 atom stereocenters. The van der Waals surface area contributed by atoms with Gasteiger partial charge < -0.3 is 4.57 Å². The number of hydrogen-bond acceptors (Lipinski definition) is 2. The highest BCUT2D eigenvalue weighted by molar-refractivity contribution is 5.89. The molecule has 1 heterocycles. The summed E-state index contributed by atoms with van der Waals surface area (Å²) < 4.78 is 1.78. The molecule has 0 radical (unpaired) electrons. The first-order valence-corrected chi connectivity index (χ1v) is 4.30. The number of nitrogens with zero attached hydrogens (tertiary/aromatic N) is 2. The van der Waals surface area contributed by atoms with Gasteiger partial charge in [0.15, 0.2) is 0 Å². The van der Waals surface area contributed by atoms with Gasteiger partial charge in [0.25, 0.3) is 5.69 Å². The summed E-state index contributed by atoms with van der Waals surface area (Å²) >= 11 is 0. The molecular weight excluding hydrogens is 180 g/mol. The number of hydrogen-bond donors (Lipinski definition) is 0.